The molecule has 0 aliphatic carbocycles. The van der Waals surface area contributed by atoms with E-state index >= 15 is 0 Å². The quantitative estimate of drug-likeness (QED) is 0.214. The van der Waals surface area contributed by atoms with Crippen molar-refractivity contribution < 1.29 is 14.6 Å². The summed E-state index contributed by atoms with van der Waals surface area (Å²) in [5, 5.41) is 9.08. The molecule has 0 radical (unpaired) electrons. The van der Waals surface area contributed by atoms with E-state index in [4.69, 9.17) is 9.84 Å². The molecule has 3 nitrogen and oxygen atoms in total. The van der Waals surface area contributed by atoms with E-state index in [9.17, 15) is 4.79 Å². The lowest BCUT2D eigenvalue weighted by molar-refractivity contribution is -0.144. The fraction of sp³-hybridized carbons (Fsp3) is 0.682. The minimum absolute atomic E-state index is 0.137. The predicted molar refractivity (Wildman–Crippen MR) is 107 cm³/mol. The van der Waals surface area contributed by atoms with Crippen molar-refractivity contribution in [1.82, 2.24) is 0 Å². The van der Waals surface area contributed by atoms with Crippen molar-refractivity contribution in [2.45, 2.75) is 90.6 Å². The van der Waals surface area contributed by atoms with Gasteiger partial charge >= 0.3 is 5.97 Å². The van der Waals surface area contributed by atoms with Gasteiger partial charge in [0.25, 0.3) is 0 Å². The third-order valence-corrected chi connectivity index (χ3v) is 3.83. The molecule has 0 saturated carbocycles. The van der Waals surface area contributed by atoms with E-state index in [1.165, 1.54) is 19.3 Å². The van der Waals surface area contributed by atoms with Gasteiger partial charge in [-0.05, 0) is 45.4 Å². The number of rotatable bonds is 16. The Kier molecular flexibility index (Phi) is 18.0. The number of carbonyl (C=O) groups excluding carboxylic acids is 1. The molecule has 0 fully saturated rings. The van der Waals surface area contributed by atoms with Gasteiger partial charge in [-0.3, -0.25) is 4.79 Å². The van der Waals surface area contributed by atoms with Crippen LogP contribution in [-0.2, 0) is 9.53 Å². The van der Waals surface area contributed by atoms with Crippen LogP contribution < -0.4 is 0 Å². The average molecular weight is 351 g/mol. The van der Waals surface area contributed by atoms with Crippen LogP contribution in [0.5, 0.6) is 0 Å². The number of aliphatic hydroxyl groups excluding tert-OH is 1. The van der Waals surface area contributed by atoms with Crippen LogP contribution in [0.2, 0.25) is 0 Å². The summed E-state index contributed by atoms with van der Waals surface area (Å²) in [6.45, 7) is 4.18. The zero-order valence-electron chi connectivity index (χ0n) is 16.3. The average Bonchev–Trinajstić information content (AvgIpc) is 2.58. The van der Waals surface area contributed by atoms with Crippen molar-refractivity contribution in [3.63, 3.8) is 0 Å². The number of esters is 1. The number of ether oxygens (including phenoxy) is 1. The highest BCUT2D eigenvalue weighted by molar-refractivity contribution is 5.69. The van der Waals surface area contributed by atoms with Gasteiger partial charge in [-0.1, -0.05) is 62.6 Å². The summed E-state index contributed by atoms with van der Waals surface area (Å²) >= 11 is 0. The van der Waals surface area contributed by atoms with Gasteiger partial charge in [0.05, 0.1) is 12.7 Å². The minimum Gasteiger partial charge on any atom is -0.466 e. The summed E-state index contributed by atoms with van der Waals surface area (Å²) in [6, 6.07) is 0. The van der Waals surface area contributed by atoms with Crippen LogP contribution in [0.15, 0.2) is 36.5 Å². The Morgan fingerprint density at radius 1 is 0.920 bits per heavy atom. The molecule has 1 unspecified atom stereocenters. The van der Waals surface area contributed by atoms with E-state index in [0.29, 0.717) is 19.4 Å². The standard InChI is InChI=1S/C22H38O3/c1-3-4-5-6-7-8-9-10-11-12-13-14-15-16-17-18-22(24)25-20-19-21(2)23/h4-5,7-8,10-11,21,23H,3,6,9,12-20H2,1-2H3/b5-4-,8-7-,11-10-. The number of hydrogen-bond donors (Lipinski definition) is 1. The van der Waals surface area contributed by atoms with Gasteiger partial charge < -0.3 is 9.84 Å². The molecule has 144 valence electrons. The van der Waals surface area contributed by atoms with E-state index < -0.39 is 6.10 Å². The Labute approximate surface area is 154 Å². The number of unbranched alkanes of at least 4 members (excludes halogenated alkanes) is 5. The summed E-state index contributed by atoms with van der Waals surface area (Å²) in [7, 11) is 0. The maximum absolute atomic E-state index is 11.4. The molecule has 0 saturated heterocycles. The lowest BCUT2D eigenvalue weighted by Crippen LogP contribution is -2.10. The minimum atomic E-state index is -0.402. The highest BCUT2D eigenvalue weighted by Gasteiger charge is 2.03. The summed E-state index contributed by atoms with van der Waals surface area (Å²) in [6.07, 6.45) is 23.9. The highest BCUT2D eigenvalue weighted by Crippen LogP contribution is 2.08. The van der Waals surface area contributed by atoms with Gasteiger partial charge in [-0.2, -0.15) is 0 Å². The lowest BCUT2D eigenvalue weighted by Gasteiger charge is -2.06. The third kappa shape index (κ3) is 20.6. The van der Waals surface area contributed by atoms with Crippen LogP contribution >= 0.6 is 0 Å². The first kappa shape index (κ1) is 23.6. The maximum Gasteiger partial charge on any atom is 0.305 e. The van der Waals surface area contributed by atoms with Crippen molar-refractivity contribution in [2.24, 2.45) is 0 Å². The molecule has 0 spiro atoms. The smallest absolute Gasteiger partial charge is 0.305 e. The molecule has 3 heteroatoms. The lowest BCUT2D eigenvalue weighted by atomic mass is 10.1. The topological polar surface area (TPSA) is 46.5 Å². The van der Waals surface area contributed by atoms with Crippen LogP contribution in [0.25, 0.3) is 0 Å². The second-order valence-corrected chi connectivity index (χ2v) is 6.46. The molecule has 0 aromatic rings. The molecule has 0 bridgehead atoms. The molecule has 1 N–H and O–H groups in total. The Morgan fingerprint density at radius 2 is 1.52 bits per heavy atom. The zero-order valence-corrected chi connectivity index (χ0v) is 16.3. The number of hydrogen-bond acceptors (Lipinski definition) is 3. The van der Waals surface area contributed by atoms with Gasteiger partial charge in [0.15, 0.2) is 0 Å². The molecular formula is C22H38O3. The number of aliphatic hydroxyl groups is 1. The highest BCUT2D eigenvalue weighted by atomic mass is 16.5. The molecule has 0 amide bonds. The van der Waals surface area contributed by atoms with Crippen LogP contribution in [0.3, 0.4) is 0 Å². The SMILES string of the molecule is CC/C=C\C/C=C\C/C=C\CCCCCCCC(=O)OCCC(C)O. The van der Waals surface area contributed by atoms with Crippen LogP contribution in [0.4, 0.5) is 0 Å². The van der Waals surface area contributed by atoms with Crippen molar-refractivity contribution in [2.75, 3.05) is 6.61 Å². The second-order valence-electron chi connectivity index (χ2n) is 6.46. The fourth-order valence-corrected chi connectivity index (χ4v) is 2.30. The molecule has 0 aliphatic heterocycles. The van der Waals surface area contributed by atoms with Crippen molar-refractivity contribution >= 4 is 5.97 Å². The van der Waals surface area contributed by atoms with E-state index in [-0.39, 0.29) is 5.97 Å². The second kappa shape index (κ2) is 19.0. The summed E-state index contributed by atoms with van der Waals surface area (Å²) in [5.41, 5.74) is 0. The summed E-state index contributed by atoms with van der Waals surface area (Å²) in [5.74, 6) is -0.137. The summed E-state index contributed by atoms with van der Waals surface area (Å²) < 4.78 is 5.05. The van der Waals surface area contributed by atoms with Gasteiger partial charge in [0.1, 0.15) is 0 Å². The van der Waals surface area contributed by atoms with E-state index in [2.05, 4.69) is 43.4 Å². The molecule has 1 atom stereocenters. The first-order valence-electron chi connectivity index (χ1n) is 9.95. The molecular weight excluding hydrogens is 312 g/mol. The van der Waals surface area contributed by atoms with Crippen molar-refractivity contribution in [3.05, 3.63) is 36.5 Å². The van der Waals surface area contributed by atoms with Gasteiger partial charge in [-0.25, -0.2) is 0 Å². The number of allylic oxidation sites excluding steroid dienone is 6. The van der Waals surface area contributed by atoms with Gasteiger partial charge in [0.2, 0.25) is 0 Å². The molecule has 0 heterocycles. The summed E-state index contributed by atoms with van der Waals surface area (Å²) in [4.78, 5) is 11.4. The first-order valence-corrected chi connectivity index (χ1v) is 9.95. The van der Waals surface area contributed by atoms with Crippen molar-refractivity contribution in [3.8, 4) is 0 Å². The first-order chi connectivity index (χ1) is 12.2. The monoisotopic (exact) mass is 350 g/mol. The van der Waals surface area contributed by atoms with Gasteiger partial charge in [0, 0.05) is 12.8 Å². The molecule has 0 aromatic heterocycles. The molecule has 0 rings (SSSR count). The van der Waals surface area contributed by atoms with Crippen molar-refractivity contribution in [1.29, 1.82) is 0 Å². The van der Waals surface area contributed by atoms with E-state index in [1.807, 2.05) is 0 Å². The zero-order chi connectivity index (χ0) is 18.6. The largest absolute Gasteiger partial charge is 0.466 e. The molecule has 25 heavy (non-hydrogen) atoms. The molecule has 0 aliphatic rings. The maximum atomic E-state index is 11.4. The van der Waals surface area contributed by atoms with E-state index in [1.54, 1.807) is 6.92 Å². The Bertz CT molecular complexity index is 381. The normalized spacial score (nSPS) is 13.2. The predicted octanol–water partition coefficient (Wildman–Crippen LogP) is 5.89. The fourth-order valence-electron chi connectivity index (χ4n) is 2.30. The number of carbonyl (C=O) groups is 1. The van der Waals surface area contributed by atoms with E-state index in [0.717, 1.165) is 38.5 Å². The molecule has 0 aromatic carbocycles. The third-order valence-electron chi connectivity index (χ3n) is 3.83. The van der Waals surface area contributed by atoms with Crippen LogP contribution in [-0.4, -0.2) is 23.8 Å². The Balaban J connectivity index is 3.31. The van der Waals surface area contributed by atoms with Gasteiger partial charge in [-0.15, -0.1) is 0 Å². The Morgan fingerprint density at radius 3 is 2.20 bits per heavy atom. The van der Waals surface area contributed by atoms with Crippen LogP contribution in [0, 0.1) is 0 Å². The van der Waals surface area contributed by atoms with Crippen LogP contribution in [0.1, 0.15) is 84.5 Å². The Hall–Kier alpha value is -1.35.